The predicted octanol–water partition coefficient (Wildman–Crippen LogP) is 3.48. The molecule has 0 radical (unpaired) electrons. The summed E-state index contributed by atoms with van der Waals surface area (Å²) in [4.78, 5) is 20.3. The van der Waals surface area contributed by atoms with E-state index >= 15 is 0 Å². The van der Waals surface area contributed by atoms with Crippen LogP contribution in [0.3, 0.4) is 0 Å². The van der Waals surface area contributed by atoms with E-state index in [2.05, 4.69) is 15.3 Å². The van der Waals surface area contributed by atoms with E-state index in [4.69, 9.17) is 4.74 Å². The predicted molar refractivity (Wildman–Crippen MR) is 93.6 cm³/mol. The van der Waals surface area contributed by atoms with Crippen molar-refractivity contribution in [3.05, 3.63) is 66.0 Å². The SMILES string of the molecule is Cc1ccc2ncnc(NCCC(=O)OCc3ccccc3)c2c1. The number of carbonyl (C=O) groups excluding carboxylic acids is 1. The minimum absolute atomic E-state index is 0.235. The lowest BCUT2D eigenvalue weighted by Crippen LogP contribution is -2.12. The number of ether oxygens (including phenoxy) is 1. The van der Waals surface area contributed by atoms with Crippen molar-refractivity contribution in [3.8, 4) is 0 Å². The van der Waals surface area contributed by atoms with E-state index in [-0.39, 0.29) is 12.4 Å². The monoisotopic (exact) mass is 321 g/mol. The van der Waals surface area contributed by atoms with Gasteiger partial charge in [-0.2, -0.15) is 0 Å². The molecule has 122 valence electrons. The molecular weight excluding hydrogens is 302 g/mol. The topological polar surface area (TPSA) is 64.1 Å². The van der Waals surface area contributed by atoms with Crippen LogP contribution in [0.2, 0.25) is 0 Å². The minimum atomic E-state index is -0.235. The van der Waals surface area contributed by atoms with Gasteiger partial charge >= 0.3 is 5.97 Å². The van der Waals surface area contributed by atoms with Gasteiger partial charge in [0.05, 0.1) is 11.9 Å². The molecule has 1 heterocycles. The number of carbonyl (C=O) groups is 1. The molecule has 2 aromatic carbocycles. The first-order chi connectivity index (χ1) is 11.7. The maximum Gasteiger partial charge on any atom is 0.307 e. The Morgan fingerprint density at radius 3 is 2.79 bits per heavy atom. The van der Waals surface area contributed by atoms with Crippen LogP contribution in [0.15, 0.2) is 54.9 Å². The number of fused-ring (bicyclic) bond motifs is 1. The third-order valence-corrected chi connectivity index (χ3v) is 3.66. The Kier molecular flexibility index (Phi) is 5.01. The van der Waals surface area contributed by atoms with Crippen LogP contribution in [-0.2, 0) is 16.1 Å². The molecule has 5 heteroatoms. The van der Waals surface area contributed by atoms with Crippen molar-refractivity contribution >= 4 is 22.7 Å². The summed E-state index contributed by atoms with van der Waals surface area (Å²) in [6.07, 6.45) is 1.80. The van der Waals surface area contributed by atoms with Crippen LogP contribution >= 0.6 is 0 Å². The van der Waals surface area contributed by atoms with E-state index in [9.17, 15) is 4.79 Å². The molecule has 0 aliphatic heterocycles. The van der Waals surface area contributed by atoms with Gasteiger partial charge < -0.3 is 10.1 Å². The molecule has 5 nitrogen and oxygen atoms in total. The standard InChI is InChI=1S/C19H19N3O2/c1-14-7-8-17-16(11-14)19(22-13-21-17)20-10-9-18(23)24-12-15-5-3-2-4-6-15/h2-8,11,13H,9-10,12H2,1H3,(H,20,21,22). The number of anilines is 1. The summed E-state index contributed by atoms with van der Waals surface area (Å²) in [6, 6.07) is 15.7. The molecule has 3 aromatic rings. The van der Waals surface area contributed by atoms with Gasteiger partial charge in [-0.05, 0) is 24.6 Å². The first kappa shape index (κ1) is 15.9. The molecule has 1 N–H and O–H groups in total. The summed E-state index contributed by atoms with van der Waals surface area (Å²) < 4.78 is 5.26. The van der Waals surface area contributed by atoms with Crippen LogP contribution in [0.1, 0.15) is 17.5 Å². The summed E-state index contributed by atoms with van der Waals surface area (Å²) in [6.45, 7) is 2.79. The lowest BCUT2D eigenvalue weighted by Gasteiger charge is -2.09. The van der Waals surface area contributed by atoms with Gasteiger partial charge in [-0.1, -0.05) is 42.0 Å². The summed E-state index contributed by atoms with van der Waals surface area (Å²) in [5.74, 6) is 0.500. The van der Waals surface area contributed by atoms with E-state index in [1.807, 2.05) is 55.5 Å². The number of hydrogen-bond acceptors (Lipinski definition) is 5. The van der Waals surface area contributed by atoms with Crippen LogP contribution < -0.4 is 5.32 Å². The third kappa shape index (κ3) is 4.07. The van der Waals surface area contributed by atoms with Gasteiger partial charge in [0.15, 0.2) is 0 Å². The Morgan fingerprint density at radius 1 is 1.12 bits per heavy atom. The second-order valence-electron chi connectivity index (χ2n) is 5.57. The fraction of sp³-hybridized carbons (Fsp3) is 0.211. The fourth-order valence-corrected chi connectivity index (χ4v) is 2.40. The van der Waals surface area contributed by atoms with Crippen molar-refractivity contribution in [2.24, 2.45) is 0 Å². The van der Waals surface area contributed by atoms with E-state index < -0.39 is 0 Å². The number of nitrogens with zero attached hydrogens (tertiary/aromatic N) is 2. The summed E-state index contributed by atoms with van der Waals surface area (Å²) in [5.41, 5.74) is 3.00. The average molecular weight is 321 g/mol. The van der Waals surface area contributed by atoms with Gasteiger partial charge in [0.1, 0.15) is 18.8 Å². The smallest absolute Gasteiger partial charge is 0.307 e. The molecule has 0 saturated carbocycles. The molecule has 3 rings (SSSR count). The number of esters is 1. The Balaban J connectivity index is 1.53. The van der Waals surface area contributed by atoms with Crippen molar-refractivity contribution in [1.82, 2.24) is 9.97 Å². The molecule has 0 aliphatic carbocycles. The highest BCUT2D eigenvalue weighted by molar-refractivity contribution is 5.89. The van der Waals surface area contributed by atoms with E-state index in [0.29, 0.717) is 13.2 Å². The van der Waals surface area contributed by atoms with Gasteiger partial charge in [0, 0.05) is 11.9 Å². The summed E-state index contributed by atoms with van der Waals surface area (Å²) in [5, 5.41) is 4.15. The Morgan fingerprint density at radius 2 is 1.96 bits per heavy atom. The minimum Gasteiger partial charge on any atom is -0.461 e. The molecular formula is C19H19N3O2. The van der Waals surface area contributed by atoms with Crippen molar-refractivity contribution in [2.75, 3.05) is 11.9 Å². The van der Waals surface area contributed by atoms with E-state index in [0.717, 1.165) is 27.8 Å². The summed E-state index contributed by atoms with van der Waals surface area (Å²) in [7, 11) is 0. The lowest BCUT2D eigenvalue weighted by atomic mass is 10.1. The molecule has 0 bridgehead atoms. The van der Waals surface area contributed by atoms with Gasteiger partial charge in [-0.15, -0.1) is 0 Å². The van der Waals surface area contributed by atoms with Crippen molar-refractivity contribution in [2.45, 2.75) is 20.0 Å². The second-order valence-corrected chi connectivity index (χ2v) is 5.57. The zero-order valence-corrected chi connectivity index (χ0v) is 13.5. The van der Waals surface area contributed by atoms with Gasteiger partial charge in [0.2, 0.25) is 0 Å². The number of nitrogens with one attached hydrogen (secondary N) is 1. The van der Waals surface area contributed by atoms with E-state index in [1.54, 1.807) is 0 Å². The van der Waals surface area contributed by atoms with Crippen LogP contribution in [-0.4, -0.2) is 22.5 Å². The second kappa shape index (κ2) is 7.55. The molecule has 0 atom stereocenters. The molecule has 1 aromatic heterocycles. The number of benzene rings is 2. The van der Waals surface area contributed by atoms with Crippen LogP contribution in [0.25, 0.3) is 10.9 Å². The number of rotatable bonds is 6. The molecule has 0 saturated heterocycles. The Bertz CT molecular complexity index is 834. The van der Waals surface area contributed by atoms with Crippen molar-refractivity contribution in [1.29, 1.82) is 0 Å². The molecule has 24 heavy (non-hydrogen) atoms. The van der Waals surface area contributed by atoms with Crippen LogP contribution in [0, 0.1) is 6.92 Å². The van der Waals surface area contributed by atoms with Gasteiger partial charge in [0.25, 0.3) is 0 Å². The zero-order chi connectivity index (χ0) is 16.8. The molecule has 0 spiro atoms. The number of aryl methyl sites for hydroxylation is 1. The maximum absolute atomic E-state index is 11.8. The first-order valence-electron chi connectivity index (χ1n) is 7.87. The number of aromatic nitrogens is 2. The lowest BCUT2D eigenvalue weighted by molar-refractivity contribution is -0.144. The zero-order valence-electron chi connectivity index (χ0n) is 13.5. The quantitative estimate of drug-likeness (QED) is 0.704. The molecule has 0 fully saturated rings. The molecule has 0 amide bonds. The van der Waals surface area contributed by atoms with Gasteiger partial charge in [-0.25, -0.2) is 9.97 Å². The number of hydrogen-bond donors (Lipinski definition) is 1. The fourth-order valence-electron chi connectivity index (χ4n) is 2.40. The van der Waals surface area contributed by atoms with Crippen molar-refractivity contribution < 1.29 is 9.53 Å². The Labute approximate surface area is 140 Å². The highest BCUT2D eigenvalue weighted by atomic mass is 16.5. The highest BCUT2D eigenvalue weighted by Crippen LogP contribution is 2.20. The normalized spacial score (nSPS) is 10.5. The van der Waals surface area contributed by atoms with Crippen molar-refractivity contribution in [3.63, 3.8) is 0 Å². The van der Waals surface area contributed by atoms with Crippen LogP contribution in [0.5, 0.6) is 0 Å². The van der Waals surface area contributed by atoms with Crippen LogP contribution in [0.4, 0.5) is 5.82 Å². The van der Waals surface area contributed by atoms with E-state index in [1.165, 1.54) is 6.33 Å². The summed E-state index contributed by atoms with van der Waals surface area (Å²) >= 11 is 0. The largest absolute Gasteiger partial charge is 0.461 e. The Hall–Kier alpha value is -2.95. The molecule has 0 aliphatic rings. The average Bonchev–Trinajstić information content (AvgIpc) is 2.61. The third-order valence-electron chi connectivity index (χ3n) is 3.66. The maximum atomic E-state index is 11.8. The van der Waals surface area contributed by atoms with Gasteiger partial charge in [-0.3, -0.25) is 4.79 Å². The highest BCUT2D eigenvalue weighted by Gasteiger charge is 2.06. The molecule has 0 unspecified atom stereocenters. The first-order valence-corrected chi connectivity index (χ1v) is 7.87.